The molecule has 0 aliphatic carbocycles. The van der Waals surface area contributed by atoms with Gasteiger partial charge in [0.1, 0.15) is 6.54 Å². The van der Waals surface area contributed by atoms with Gasteiger partial charge in [0.15, 0.2) is 0 Å². The van der Waals surface area contributed by atoms with E-state index in [2.05, 4.69) is 0 Å². The van der Waals surface area contributed by atoms with Crippen molar-refractivity contribution in [3.8, 4) is 0 Å². The van der Waals surface area contributed by atoms with E-state index in [1.54, 1.807) is 0 Å². The van der Waals surface area contributed by atoms with Gasteiger partial charge in [-0.2, -0.15) is 0 Å². The average Bonchev–Trinajstić information content (AvgIpc) is 1.37. The third-order valence-corrected chi connectivity index (χ3v) is 0.183. The fourth-order valence-corrected chi connectivity index (χ4v) is 0. The van der Waals surface area contributed by atoms with E-state index in [0.717, 1.165) is 12.0 Å². The van der Waals surface area contributed by atoms with Crippen LogP contribution in [0.3, 0.4) is 0 Å². The Morgan fingerprint density at radius 2 is 2.00 bits per heavy atom. The number of hydrogen-bond acceptors (Lipinski definition) is 1. The van der Waals surface area contributed by atoms with Crippen LogP contribution in [0.4, 0.5) is 0 Å². The van der Waals surface area contributed by atoms with Crippen LogP contribution in [0.15, 0.2) is 0 Å². The second-order valence-electron chi connectivity index (χ2n) is 0.591. The molecule has 5 heavy (non-hydrogen) atoms. The van der Waals surface area contributed by atoms with Gasteiger partial charge < -0.3 is 17.0 Å². The van der Waals surface area contributed by atoms with Gasteiger partial charge in [0, 0.05) is 0 Å². The molecule has 0 saturated heterocycles. The molecule has 0 fully saturated rings. The monoisotopic (exact) mass is 141 g/mol. The minimum absolute atomic E-state index is 0. The quantitative estimate of drug-likeness (QED) is 0.359. The van der Waals surface area contributed by atoms with Crippen LogP contribution in [0.25, 0.3) is 0 Å². The van der Waals surface area contributed by atoms with Gasteiger partial charge in [0.05, 0.1) is 0 Å². The number of quaternary nitrogens is 1. The summed E-state index contributed by atoms with van der Waals surface area (Å²) in [6, 6.07) is 0. The first kappa shape index (κ1) is 9.04. The standard InChI is InChI=1S/C2H7NO.BrH/c1-2-3-4;/h3-4H,2H2,1H3;1H. The topological polar surface area (TPSA) is 36.8 Å². The summed E-state index contributed by atoms with van der Waals surface area (Å²) in [6.07, 6.45) is 0. The molecule has 0 atom stereocenters. The van der Waals surface area contributed by atoms with Crippen LogP contribution in [0, 0.1) is 0 Å². The predicted octanol–water partition coefficient (Wildman–Crippen LogP) is -4.04. The maximum absolute atomic E-state index is 7.75. The molecule has 0 unspecified atom stereocenters. The van der Waals surface area contributed by atoms with Crippen molar-refractivity contribution in [2.75, 3.05) is 6.54 Å². The summed E-state index contributed by atoms with van der Waals surface area (Å²) in [4.78, 5) is 0. The summed E-state index contributed by atoms with van der Waals surface area (Å²) in [6.45, 7) is 2.62. The summed E-state index contributed by atoms with van der Waals surface area (Å²) in [5.41, 5.74) is 1.12. The van der Waals surface area contributed by atoms with Gasteiger partial charge in [-0.1, -0.05) is 0 Å². The number of rotatable bonds is 1. The predicted molar refractivity (Wildman–Crippen MR) is 14.3 cm³/mol. The molecule has 0 aromatic rings. The van der Waals surface area contributed by atoms with E-state index in [-0.39, 0.29) is 17.0 Å². The summed E-state index contributed by atoms with van der Waals surface area (Å²) in [5.74, 6) is 0. The highest BCUT2D eigenvalue weighted by atomic mass is 79.9. The summed E-state index contributed by atoms with van der Waals surface area (Å²) in [5, 5.41) is 7.75. The molecule has 0 aliphatic heterocycles. The van der Waals surface area contributed by atoms with Crippen LogP contribution < -0.4 is 22.5 Å². The lowest BCUT2D eigenvalue weighted by molar-refractivity contribution is -0.884. The molecule has 3 heteroatoms. The van der Waals surface area contributed by atoms with Crippen LogP contribution in [0.1, 0.15) is 6.92 Å². The van der Waals surface area contributed by atoms with E-state index in [9.17, 15) is 0 Å². The van der Waals surface area contributed by atoms with Crippen LogP contribution in [0.2, 0.25) is 0 Å². The first-order valence-corrected chi connectivity index (χ1v) is 1.37. The minimum atomic E-state index is 0. The van der Waals surface area contributed by atoms with E-state index in [0.29, 0.717) is 0 Å². The molecule has 2 nitrogen and oxygen atoms in total. The van der Waals surface area contributed by atoms with E-state index in [1.165, 1.54) is 0 Å². The zero-order valence-corrected chi connectivity index (χ0v) is 4.70. The highest BCUT2D eigenvalue weighted by Crippen LogP contribution is 1.18. The molecule has 0 aliphatic rings. The normalized spacial score (nSPS) is 6.00. The Balaban J connectivity index is 0. The lowest BCUT2D eigenvalue weighted by atomic mass is 10.8. The molecule has 34 valence electrons. The molecule has 3 N–H and O–H groups in total. The molecular weight excluding hydrogens is 134 g/mol. The number of nitrogens with two attached hydrogens (primary N) is 1. The second kappa shape index (κ2) is 8.83. The lowest BCUT2D eigenvalue weighted by Crippen LogP contribution is -3.00. The van der Waals surface area contributed by atoms with Crippen molar-refractivity contribution >= 4 is 0 Å². The van der Waals surface area contributed by atoms with Crippen molar-refractivity contribution in [2.45, 2.75) is 6.92 Å². The fourth-order valence-electron chi connectivity index (χ4n) is 0. The smallest absolute Gasteiger partial charge is 0.102 e. The minimum Gasteiger partial charge on any atom is -1.00 e. The highest BCUT2D eigenvalue weighted by Gasteiger charge is 1.57. The van der Waals surface area contributed by atoms with Crippen molar-refractivity contribution < 1.29 is 27.7 Å². The summed E-state index contributed by atoms with van der Waals surface area (Å²) < 4.78 is 0. The van der Waals surface area contributed by atoms with E-state index in [4.69, 9.17) is 5.21 Å². The van der Waals surface area contributed by atoms with Crippen molar-refractivity contribution in [1.82, 2.24) is 0 Å². The first-order valence-electron chi connectivity index (χ1n) is 1.37. The van der Waals surface area contributed by atoms with Crippen LogP contribution in [-0.4, -0.2) is 11.8 Å². The van der Waals surface area contributed by atoms with Crippen molar-refractivity contribution in [3.05, 3.63) is 0 Å². The Bertz CT molecular complexity index is 11.6. The molecule has 0 bridgehead atoms. The van der Waals surface area contributed by atoms with Gasteiger partial charge in [-0.15, -0.1) is 0 Å². The summed E-state index contributed by atoms with van der Waals surface area (Å²) >= 11 is 0. The number of hydroxylamine groups is 1. The van der Waals surface area contributed by atoms with Gasteiger partial charge in [0.25, 0.3) is 0 Å². The van der Waals surface area contributed by atoms with Gasteiger partial charge >= 0.3 is 0 Å². The number of halogens is 1. The Morgan fingerprint density at radius 1 is 1.80 bits per heavy atom. The highest BCUT2D eigenvalue weighted by molar-refractivity contribution is 3.81. The fraction of sp³-hybridized carbons (Fsp3) is 1.00. The second-order valence-corrected chi connectivity index (χ2v) is 0.591. The molecule has 0 rings (SSSR count). The maximum Gasteiger partial charge on any atom is 0.102 e. The third-order valence-electron chi connectivity index (χ3n) is 0.183. The Labute approximate surface area is 41.9 Å². The Hall–Kier alpha value is 0.400. The SMILES string of the molecule is CC[NH2+]O.[Br-]. The largest absolute Gasteiger partial charge is 1.00 e. The molecule has 0 heterocycles. The van der Waals surface area contributed by atoms with E-state index in [1.807, 2.05) is 6.92 Å². The van der Waals surface area contributed by atoms with E-state index >= 15 is 0 Å². The van der Waals surface area contributed by atoms with Crippen molar-refractivity contribution in [2.24, 2.45) is 0 Å². The first-order chi connectivity index (χ1) is 1.91. The van der Waals surface area contributed by atoms with Crippen LogP contribution in [0.5, 0.6) is 0 Å². The van der Waals surface area contributed by atoms with Crippen molar-refractivity contribution in [3.63, 3.8) is 0 Å². The molecule has 0 spiro atoms. The lowest BCUT2D eigenvalue weighted by Gasteiger charge is -1.70. The molecular formula is C2H8BrNO. The van der Waals surface area contributed by atoms with Gasteiger partial charge in [-0.3, -0.25) is 0 Å². The Morgan fingerprint density at radius 3 is 2.00 bits per heavy atom. The zero-order chi connectivity index (χ0) is 3.41. The third kappa shape index (κ3) is 12.9. The Kier molecular flexibility index (Phi) is 16.0. The molecule has 0 amide bonds. The van der Waals surface area contributed by atoms with Crippen LogP contribution in [-0.2, 0) is 0 Å². The molecule has 0 radical (unpaired) electrons. The zero-order valence-electron chi connectivity index (χ0n) is 3.11. The molecule has 0 aromatic heterocycles. The van der Waals surface area contributed by atoms with Crippen molar-refractivity contribution in [1.29, 1.82) is 0 Å². The summed E-state index contributed by atoms with van der Waals surface area (Å²) in [7, 11) is 0. The maximum atomic E-state index is 7.75. The number of hydrogen-bond donors (Lipinski definition) is 2. The molecule has 0 saturated carbocycles. The molecule has 0 aromatic carbocycles. The van der Waals surface area contributed by atoms with Gasteiger partial charge in [-0.25, -0.2) is 10.7 Å². The van der Waals surface area contributed by atoms with E-state index < -0.39 is 0 Å². The average molecular weight is 142 g/mol. The van der Waals surface area contributed by atoms with Gasteiger partial charge in [-0.05, 0) is 6.92 Å². The van der Waals surface area contributed by atoms with Crippen LogP contribution >= 0.6 is 0 Å². The van der Waals surface area contributed by atoms with Gasteiger partial charge in [0.2, 0.25) is 0 Å².